The predicted molar refractivity (Wildman–Crippen MR) is 162 cm³/mol. The van der Waals surface area contributed by atoms with Crippen LogP contribution < -0.4 is 10.1 Å². The van der Waals surface area contributed by atoms with Gasteiger partial charge in [-0.05, 0) is 118 Å². The van der Waals surface area contributed by atoms with E-state index < -0.39 is 17.1 Å². The van der Waals surface area contributed by atoms with Crippen molar-refractivity contribution in [3.8, 4) is 17.2 Å². The van der Waals surface area contributed by atoms with Crippen molar-refractivity contribution >= 4 is 5.78 Å². The molecule has 5 aliphatic carbocycles. The number of phenols is 2. The molecule has 5 fully saturated rings. The molecular weight excluding hydrogens is 540 g/mol. The Morgan fingerprint density at radius 3 is 2.70 bits per heavy atom. The zero-order valence-corrected chi connectivity index (χ0v) is 25.0. The van der Waals surface area contributed by atoms with Gasteiger partial charge in [0.1, 0.15) is 5.75 Å². The molecule has 228 valence electrons. The van der Waals surface area contributed by atoms with Crippen LogP contribution in [-0.4, -0.2) is 69.4 Å². The topological polar surface area (TPSA) is 102 Å². The maximum atomic E-state index is 12.7. The first-order valence-electron chi connectivity index (χ1n) is 16.9. The maximum absolute atomic E-state index is 12.7. The predicted octanol–water partition coefficient (Wildman–Crippen LogP) is 4.26. The summed E-state index contributed by atoms with van der Waals surface area (Å²) < 4.78 is 6.04. The fraction of sp³-hybridized carbons (Fsp3) is 0.639. The summed E-state index contributed by atoms with van der Waals surface area (Å²) in [4.78, 5) is 15.2. The van der Waals surface area contributed by atoms with Crippen molar-refractivity contribution in [2.24, 2.45) is 11.8 Å². The fourth-order valence-corrected chi connectivity index (χ4v) is 11.2. The number of piperidine rings is 2. The number of nitrogens with one attached hydrogen (secondary N) is 1. The molecule has 2 aromatic rings. The van der Waals surface area contributed by atoms with E-state index in [4.69, 9.17) is 4.74 Å². The molecule has 7 atom stereocenters. The number of carbonyl (C=O) groups is 1. The second-order valence-corrected chi connectivity index (χ2v) is 15.1. The van der Waals surface area contributed by atoms with Crippen molar-refractivity contribution in [3.63, 3.8) is 0 Å². The Morgan fingerprint density at radius 1 is 0.977 bits per heavy atom. The molecule has 3 heterocycles. The number of rotatable bonds is 2. The molecule has 2 aromatic carbocycles. The highest BCUT2D eigenvalue weighted by atomic mass is 16.5. The summed E-state index contributed by atoms with van der Waals surface area (Å²) in [7, 11) is 0. The molecule has 4 bridgehead atoms. The normalized spacial score (nSPS) is 39.9. The molecule has 3 saturated carbocycles. The van der Waals surface area contributed by atoms with Gasteiger partial charge in [-0.15, -0.1) is 0 Å². The van der Waals surface area contributed by atoms with Crippen LogP contribution in [0.5, 0.6) is 17.2 Å². The van der Waals surface area contributed by atoms with Crippen LogP contribution in [0, 0.1) is 11.8 Å². The highest BCUT2D eigenvalue weighted by molar-refractivity contribution is 5.90. The van der Waals surface area contributed by atoms with Crippen LogP contribution in [0.1, 0.15) is 86.5 Å². The molecule has 8 aliphatic rings. The lowest BCUT2D eigenvalue weighted by Crippen LogP contribution is -2.76. The van der Waals surface area contributed by atoms with Gasteiger partial charge < -0.3 is 25.4 Å². The van der Waals surface area contributed by atoms with Gasteiger partial charge in [0.15, 0.2) is 23.4 Å². The number of phenolic OH excluding ortho intramolecular Hbond substituents is 2. The average molecular weight is 585 g/mol. The summed E-state index contributed by atoms with van der Waals surface area (Å²) in [5, 5.41) is 35.9. The van der Waals surface area contributed by atoms with Gasteiger partial charge in [-0.25, -0.2) is 0 Å². The molecule has 3 aliphatic heterocycles. The maximum Gasteiger partial charge on any atom is 0.174 e. The van der Waals surface area contributed by atoms with Crippen LogP contribution in [0.2, 0.25) is 0 Å². The van der Waals surface area contributed by atoms with Crippen LogP contribution >= 0.6 is 0 Å². The van der Waals surface area contributed by atoms with Gasteiger partial charge in [0, 0.05) is 36.0 Å². The zero-order chi connectivity index (χ0) is 29.1. The zero-order valence-electron chi connectivity index (χ0n) is 25.0. The second kappa shape index (κ2) is 9.21. The van der Waals surface area contributed by atoms with Gasteiger partial charge in [-0.2, -0.15) is 0 Å². The number of hydrogen-bond donors (Lipinski definition) is 4. The van der Waals surface area contributed by atoms with Crippen LogP contribution in [-0.2, 0) is 28.5 Å². The number of hydrogen-bond acceptors (Lipinski definition) is 7. The summed E-state index contributed by atoms with van der Waals surface area (Å²) in [6.07, 6.45) is 12.2. The van der Waals surface area contributed by atoms with Gasteiger partial charge in [0.2, 0.25) is 0 Å². The van der Waals surface area contributed by atoms with Gasteiger partial charge in [0.05, 0.1) is 11.0 Å². The summed E-state index contributed by atoms with van der Waals surface area (Å²) in [6, 6.07) is 10.4. The van der Waals surface area contributed by atoms with E-state index in [1.807, 2.05) is 12.1 Å². The standard InChI is InChI=1S/C20H23NO4.C16H21NO/c22-13-4-3-12-9-15-20(24)6-5-14(23)18-19(20,16(12)17(13)25-18)7-8-21(15)10-11-1-2-11;18-12-5-4-11-9-15-13-3-1-2-6-16(13,7-8-17-15)14(11)10-12/h3-4,11,15,18,22,24H,1-2,5-10H2;4-5,10,13,15,17-18H,1-3,6-9H2/t15-,18+,19+,20-;13-,15+,16+/m10/s1. The summed E-state index contributed by atoms with van der Waals surface area (Å²) in [6.45, 7) is 3.10. The number of benzene rings is 2. The van der Waals surface area contributed by atoms with E-state index in [1.54, 1.807) is 6.07 Å². The Morgan fingerprint density at radius 2 is 1.84 bits per heavy atom. The smallest absolute Gasteiger partial charge is 0.174 e. The van der Waals surface area contributed by atoms with Crippen LogP contribution in [0.15, 0.2) is 30.3 Å². The molecule has 0 radical (unpaired) electrons. The van der Waals surface area contributed by atoms with Crippen molar-refractivity contribution in [1.82, 2.24) is 10.2 Å². The highest BCUT2D eigenvalue weighted by Gasteiger charge is 2.73. The van der Waals surface area contributed by atoms with E-state index in [1.165, 1.54) is 56.1 Å². The molecule has 10 rings (SSSR count). The van der Waals surface area contributed by atoms with E-state index in [0.717, 1.165) is 61.9 Å². The van der Waals surface area contributed by atoms with E-state index in [0.29, 0.717) is 35.8 Å². The second-order valence-electron chi connectivity index (χ2n) is 15.1. The Kier molecular flexibility index (Phi) is 5.73. The molecule has 7 heteroatoms. The molecule has 0 aromatic heterocycles. The van der Waals surface area contributed by atoms with Crippen molar-refractivity contribution in [1.29, 1.82) is 0 Å². The fourth-order valence-electron chi connectivity index (χ4n) is 11.2. The quantitative estimate of drug-likeness (QED) is 0.418. The number of ketones is 1. The van der Waals surface area contributed by atoms with Crippen molar-refractivity contribution in [2.75, 3.05) is 19.6 Å². The molecule has 7 nitrogen and oxygen atoms in total. The number of nitrogens with zero attached hydrogens (tertiary/aromatic N) is 1. The Balaban J connectivity index is 0.000000128. The number of ether oxygens (including phenoxy) is 1. The van der Waals surface area contributed by atoms with Crippen molar-refractivity contribution < 1.29 is 24.9 Å². The van der Waals surface area contributed by atoms with Gasteiger partial charge in [-0.3, -0.25) is 9.69 Å². The molecule has 43 heavy (non-hydrogen) atoms. The van der Waals surface area contributed by atoms with Gasteiger partial charge >= 0.3 is 0 Å². The number of aliphatic hydroxyl groups is 1. The first kappa shape index (κ1) is 26.8. The monoisotopic (exact) mass is 584 g/mol. The molecule has 0 unspecified atom stereocenters. The minimum Gasteiger partial charge on any atom is -0.508 e. The number of fused-ring (bicyclic) bond motifs is 1. The highest BCUT2D eigenvalue weighted by Crippen LogP contribution is 2.65. The summed E-state index contributed by atoms with van der Waals surface area (Å²) in [5.74, 6) is 2.64. The number of aromatic hydroxyl groups is 2. The van der Waals surface area contributed by atoms with Gasteiger partial charge in [0.25, 0.3) is 0 Å². The van der Waals surface area contributed by atoms with Crippen molar-refractivity contribution in [2.45, 2.75) is 112 Å². The van der Waals surface area contributed by atoms with Crippen LogP contribution in [0.25, 0.3) is 0 Å². The lowest BCUT2D eigenvalue weighted by molar-refractivity contribution is -0.188. The van der Waals surface area contributed by atoms with E-state index in [9.17, 15) is 20.1 Å². The van der Waals surface area contributed by atoms with E-state index in [-0.39, 0.29) is 17.6 Å². The molecule has 1 spiro atoms. The van der Waals surface area contributed by atoms with Gasteiger partial charge in [-0.1, -0.05) is 25.0 Å². The van der Waals surface area contributed by atoms with Crippen molar-refractivity contribution in [3.05, 3.63) is 52.6 Å². The van der Waals surface area contributed by atoms with Crippen LogP contribution in [0.3, 0.4) is 0 Å². The lowest BCUT2D eigenvalue weighted by Gasteiger charge is -2.62. The molecule has 0 amide bonds. The SMILES string of the molecule is O=C1CC[C@@]2(O)[C@H]3Cc4ccc(O)c5c4[C@@]2(CCN3CC2CC2)[C@H]1O5.Oc1ccc2c(c1)[C@@]13CCCC[C@H]1[C@@H](C2)NCC3. The minimum absolute atomic E-state index is 0.0454. The third-order valence-corrected chi connectivity index (χ3v) is 13.2. The first-order valence-corrected chi connectivity index (χ1v) is 16.9. The van der Waals surface area contributed by atoms with E-state index >= 15 is 0 Å². The Labute approximate surface area is 253 Å². The lowest BCUT2D eigenvalue weighted by atomic mass is 9.49. The van der Waals surface area contributed by atoms with E-state index in [2.05, 4.69) is 22.3 Å². The minimum atomic E-state index is -0.940. The first-order chi connectivity index (χ1) is 20.8. The number of Topliss-reactive ketones (excluding diaryl/α,β-unsaturated/α-hetero) is 1. The summed E-state index contributed by atoms with van der Waals surface area (Å²) >= 11 is 0. The Bertz CT molecular complexity index is 1500. The Hall–Kier alpha value is -2.61. The molecule has 2 saturated heterocycles. The number of carbonyl (C=O) groups excluding carboxylic acids is 1. The number of likely N-dealkylation sites (tertiary alicyclic amines) is 1. The molecule has 4 N–H and O–H groups in total. The molecular formula is C36H44N2O5. The largest absolute Gasteiger partial charge is 0.508 e. The third-order valence-electron chi connectivity index (χ3n) is 13.2. The van der Waals surface area contributed by atoms with Crippen LogP contribution in [0.4, 0.5) is 0 Å². The third kappa shape index (κ3) is 3.56. The average Bonchev–Trinajstić information content (AvgIpc) is 3.75. The summed E-state index contributed by atoms with van der Waals surface area (Å²) in [5.41, 5.74) is 3.78.